The predicted molar refractivity (Wildman–Crippen MR) is 37.3 cm³/mol. The molecule has 0 aliphatic heterocycles. The van der Waals surface area contributed by atoms with Gasteiger partial charge in [-0.15, -0.1) is 11.3 Å². The zero-order valence-electron chi connectivity index (χ0n) is 5.21. The van der Waals surface area contributed by atoms with E-state index in [0.717, 1.165) is 11.3 Å². The van der Waals surface area contributed by atoms with Crippen LogP contribution >= 0.6 is 11.3 Å². The summed E-state index contributed by atoms with van der Waals surface area (Å²) in [5.41, 5.74) is 0.319. The number of nitrogens with zero attached hydrogens (tertiary/aromatic N) is 2. The fourth-order valence-electron chi connectivity index (χ4n) is 0.801. The summed E-state index contributed by atoms with van der Waals surface area (Å²) in [6, 6.07) is 1.55. The number of rotatable bonds is 0. The smallest absolute Gasteiger partial charge is 0.201 e. The second-order valence-corrected chi connectivity index (χ2v) is 2.83. The molecule has 2 rings (SSSR count). The molecule has 0 radical (unpaired) electrons. The molecule has 0 N–H and O–H groups in total. The van der Waals surface area contributed by atoms with Gasteiger partial charge in [0.2, 0.25) is 5.95 Å². The van der Waals surface area contributed by atoms with Crippen molar-refractivity contribution in [3.05, 3.63) is 23.5 Å². The van der Waals surface area contributed by atoms with Crippen molar-refractivity contribution in [3.8, 4) is 0 Å². The van der Waals surface area contributed by atoms with Crippen LogP contribution in [-0.4, -0.2) is 9.97 Å². The van der Waals surface area contributed by atoms with Gasteiger partial charge in [0.05, 0.1) is 5.52 Å². The summed E-state index contributed by atoms with van der Waals surface area (Å²) in [5.74, 6) is -0.789. The van der Waals surface area contributed by atoms with Gasteiger partial charge in [-0.25, -0.2) is 4.98 Å². The monoisotopic (exact) mass is 172 g/mol. The lowest BCUT2D eigenvalue weighted by molar-refractivity contribution is 0.495. The molecule has 0 unspecified atom stereocenters. The first-order valence-corrected chi connectivity index (χ1v) is 3.71. The molecule has 2 nitrogen and oxygen atoms in total. The van der Waals surface area contributed by atoms with E-state index in [2.05, 4.69) is 9.97 Å². The quantitative estimate of drug-likeness (QED) is 0.448. The maximum atomic E-state index is 12.7. The average Bonchev–Trinajstić information content (AvgIpc) is 2.34. The van der Waals surface area contributed by atoms with Crippen molar-refractivity contribution in [2.24, 2.45) is 0 Å². The molecule has 2 aromatic heterocycles. The molecule has 0 amide bonds. The van der Waals surface area contributed by atoms with Gasteiger partial charge in [-0.1, -0.05) is 0 Å². The highest BCUT2D eigenvalue weighted by atomic mass is 32.1. The van der Waals surface area contributed by atoms with Crippen molar-refractivity contribution in [2.75, 3.05) is 0 Å². The molecule has 2 aromatic rings. The number of hydrogen-bond donors (Lipinski definition) is 0. The Hall–Kier alpha value is -1.10. The third-order valence-corrected chi connectivity index (χ3v) is 2.12. The molecule has 0 spiro atoms. The van der Waals surface area contributed by atoms with Gasteiger partial charge in [0.25, 0.3) is 0 Å². The summed E-state index contributed by atoms with van der Waals surface area (Å²) in [4.78, 5) is 6.33. The van der Waals surface area contributed by atoms with Crippen molar-refractivity contribution in [1.29, 1.82) is 0 Å². The van der Waals surface area contributed by atoms with Crippen molar-refractivity contribution < 1.29 is 8.78 Å². The summed E-state index contributed by atoms with van der Waals surface area (Å²) in [6.45, 7) is 0. The lowest BCUT2D eigenvalue weighted by Crippen LogP contribution is -1.91. The number of halogens is 2. The van der Waals surface area contributed by atoms with E-state index in [1.807, 2.05) is 0 Å². The molecule has 0 aliphatic rings. The minimum absolute atomic E-state index is 0.298. The van der Waals surface area contributed by atoms with Crippen molar-refractivity contribution in [3.63, 3.8) is 0 Å². The number of aromatic nitrogens is 2. The summed E-state index contributed by atoms with van der Waals surface area (Å²) >= 11 is 1.16. The van der Waals surface area contributed by atoms with Crippen LogP contribution in [0.25, 0.3) is 10.2 Å². The SMILES string of the molecule is Fc1nc(F)c2sccc2n1. The number of hydrogen-bond acceptors (Lipinski definition) is 3. The Bertz CT molecular complexity index is 398. The summed E-state index contributed by atoms with van der Waals surface area (Å²) in [6.07, 6.45) is -1.02. The molecule has 0 bridgehead atoms. The third-order valence-electron chi connectivity index (χ3n) is 1.23. The maximum Gasteiger partial charge on any atom is 0.311 e. The second-order valence-electron chi connectivity index (χ2n) is 1.92. The lowest BCUT2D eigenvalue weighted by atomic mass is 10.5. The molecule has 2 heterocycles. The standard InChI is InChI=1S/C6H2F2N2S/c7-5-4-3(1-2-11-4)9-6(8)10-5/h1-2H. The number of thiophene rings is 1. The van der Waals surface area contributed by atoms with Gasteiger partial charge < -0.3 is 0 Å². The van der Waals surface area contributed by atoms with Gasteiger partial charge in [-0.2, -0.15) is 13.8 Å². The Kier molecular flexibility index (Phi) is 1.32. The van der Waals surface area contributed by atoms with Gasteiger partial charge in [0, 0.05) is 0 Å². The molecular weight excluding hydrogens is 170 g/mol. The third kappa shape index (κ3) is 0.970. The Balaban J connectivity index is 2.91. The van der Waals surface area contributed by atoms with Crippen LogP contribution in [0.15, 0.2) is 11.4 Å². The van der Waals surface area contributed by atoms with E-state index in [1.165, 1.54) is 0 Å². The van der Waals surface area contributed by atoms with Crippen LogP contribution in [-0.2, 0) is 0 Å². The van der Waals surface area contributed by atoms with Crippen LogP contribution in [0.4, 0.5) is 8.78 Å². The van der Waals surface area contributed by atoms with E-state index in [-0.39, 0.29) is 0 Å². The van der Waals surface area contributed by atoms with E-state index >= 15 is 0 Å². The van der Waals surface area contributed by atoms with Crippen molar-refractivity contribution in [1.82, 2.24) is 9.97 Å². The molecule has 0 aliphatic carbocycles. The minimum Gasteiger partial charge on any atom is -0.201 e. The highest BCUT2D eigenvalue weighted by molar-refractivity contribution is 7.17. The summed E-state index contributed by atoms with van der Waals surface area (Å²) < 4.78 is 25.3. The van der Waals surface area contributed by atoms with Crippen LogP contribution in [0.2, 0.25) is 0 Å². The van der Waals surface area contributed by atoms with Crippen LogP contribution in [0.1, 0.15) is 0 Å². The van der Waals surface area contributed by atoms with E-state index in [4.69, 9.17) is 0 Å². The Morgan fingerprint density at radius 3 is 2.91 bits per heavy atom. The molecule has 5 heteroatoms. The highest BCUT2D eigenvalue weighted by Gasteiger charge is 2.06. The van der Waals surface area contributed by atoms with Gasteiger partial charge in [0.15, 0.2) is 0 Å². The van der Waals surface area contributed by atoms with E-state index in [0.29, 0.717) is 10.2 Å². The molecule has 0 saturated heterocycles. The fourth-order valence-corrected chi connectivity index (χ4v) is 1.51. The maximum absolute atomic E-state index is 12.7. The first-order chi connectivity index (χ1) is 5.27. The number of fused-ring (bicyclic) bond motifs is 1. The van der Waals surface area contributed by atoms with Crippen LogP contribution in [0, 0.1) is 12.0 Å². The topological polar surface area (TPSA) is 25.8 Å². The molecule has 0 fully saturated rings. The van der Waals surface area contributed by atoms with Crippen LogP contribution in [0.5, 0.6) is 0 Å². The van der Waals surface area contributed by atoms with Gasteiger partial charge >= 0.3 is 6.08 Å². The van der Waals surface area contributed by atoms with Gasteiger partial charge in [0.1, 0.15) is 4.70 Å². The van der Waals surface area contributed by atoms with E-state index < -0.39 is 12.0 Å². The molecule has 0 saturated carbocycles. The average molecular weight is 172 g/mol. The van der Waals surface area contributed by atoms with E-state index in [9.17, 15) is 8.78 Å². The van der Waals surface area contributed by atoms with Crippen molar-refractivity contribution >= 4 is 21.6 Å². The molecular formula is C6H2F2N2S. The lowest BCUT2D eigenvalue weighted by Gasteiger charge is -1.89. The molecule has 11 heavy (non-hydrogen) atoms. The Morgan fingerprint density at radius 1 is 1.27 bits per heavy atom. The van der Waals surface area contributed by atoms with Crippen LogP contribution < -0.4 is 0 Å². The van der Waals surface area contributed by atoms with E-state index in [1.54, 1.807) is 11.4 Å². The first-order valence-electron chi connectivity index (χ1n) is 2.83. The molecule has 56 valence electrons. The minimum atomic E-state index is -1.02. The van der Waals surface area contributed by atoms with Crippen LogP contribution in [0.3, 0.4) is 0 Å². The Morgan fingerprint density at radius 2 is 2.09 bits per heavy atom. The highest BCUT2D eigenvalue weighted by Crippen LogP contribution is 2.20. The van der Waals surface area contributed by atoms with Crippen molar-refractivity contribution in [2.45, 2.75) is 0 Å². The summed E-state index contributed by atoms with van der Waals surface area (Å²) in [5, 5.41) is 1.64. The summed E-state index contributed by atoms with van der Waals surface area (Å²) in [7, 11) is 0. The zero-order chi connectivity index (χ0) is 7.84. The largest absolute Gasteiger partial charge is 0.311 e. The molecule has 0 aromatic carbocycles. The normalized spacial score (nSPS) is 10.7. The zero-order valence-corrected chi connectivity index (χ0v) is 6.03. The Labute approximate surface area is 64.5 Å². The van der Waals surface area contributed by atoms with Gasteiger partial charge in [-0.05, 0) is 11.4 Å². The predicted octanol–water partition coefficient (Wildman–Crippen LogP) is 1.97. The molecule has 0 atom stereocenters. The van der Waals surface area contributed by atoms with Gasteiger partial charge in [-0.3, -0.25) is 0 Å². The first kappa shape index (κ1) is 6.60. The fraction of sp³-hybridized carbons (Fsp3) is 0. The second kappa shape index (κ2) is 2.20.